The van der Waals surface area contributed by atoms with Gasteiger partial charge in [0.2, 0.25) is 0 Å². The first-order chi connectivity index (χ1) is 14.3. The molecule has 1 N–H and O–H groups in total. The Morgan fingerprint density at radius 3 is 2.90 bits per heavy atom. The molecule has 0 amide bonds. The van der Waals surface area contributed by atoms with Crippen molar-refractivity contribution in [1.82, 2.24) is 14.3 Å². The monoisotopic (exact) mass is 390 g/mol. The van der Waals surface area contributed by atoms with E-state index in [1.807, 2.05) is 47.0 Å². The van der Waals surface area contributed by atoms with Crippen LogP contribution in [0.2, 0.25) is 0 Å². The minimum Gasteiger partial charge on any atom is -0.492 e. The number of benzene rings is 1. The first-order valence-corrected chi connectivity index (χ1v) is 9.84. The Hall–Kier alpha value is -3.32. The zero-order chi connectivity index (χ0) is 19.6. The lowest BCUT2D eigenvalue weighted by Crippen LogP contribution is -2.25. The van der Waals surface area contributed by atoms with Crippen molar-refractivity contribution in [1.29, 1.82) is 0 Å². The Bertz CT molecular complexity index is 1220. The predicted octanol–water partition coefficient (Wildman–Crippen LogP) is 3.51. The maximum absolute atomic E-state index is 9.57. The van der Waals surface area contributed by atoms with Crippen LogP contribution in [0.5, 0.6) is 5.75 Å². The van der Waals surface area contributed by atoms with Crippen LogP contribution in [0, 0.1) is 0 Å². The van der Waals surface area contributed by atoms with Gasteiger partial charge in [0.05, 0.1) is 11.7 Å². The quantitative estimate of drug-likeness (QED) is 0.417. The van der Waals surface area contributed by atoms with Crippen molar-refractivity contribution in [2.24, 2.45) is 5.16 Å². The number of ether oxygens (including phenoxy) is 1. The Labute approximate surface area is 167 Å². The highest BCUT2D eigenvalue weighted by Gasteiger charge is 2.12. The number of aromatic nitrogens is 2. The maximum Gasteiger partial charge on any atom is 0.155 e. The molecular weight excluding hydrogens is 368 g/mol. The zero-order valence-corrected chi connectivity index (χ0v) is 16.0. The largest absolute Gasteiger partial charge is 0.492 e. The maximum atomic E-state index is 9.57. The molecule has 1 aliphatic heterocycles. The number of hydrogen-bond donors (Lipinski definition) is 1. The van der Waals surface area contributed by atoms with Gasteiger partial charge in [-0.15, -0.1) is 0 Å². The summed E-state index contributed by atoms with van der Waals surface area (Å²) in [7, 11) is 0. The van der Waals surface area contributed by atoms with Crippen LogP contribution in [0.4, 0.5) is 0 Å². The fourth-order valence-electron chi connectivity index (χ4n) is 3.82. The fraction of sp³-hybridized carbons (Fsp3) is 0.273. The van der Waals surface area contributed by atoms with Crippen LogP contribution in [0.1, 0.15) is 12.8 Å². The fourth-order valence-corrected chi connectivity index (χ4v) is 3.82. The molecule has 4 aromatic rings. The summed E-state index contributed by atoms with van der Waals surface area (Å²) in [6.45, 7) is 3.86. The highest BCUT2D eigenvalue weighted by molar-refractivity contribution is 5.80. The van der Waals surface area contributed by atoms with E-state index in [0.29, 0.717) is 34.4 Å². The van der Waals surface area contributed by atoms with E-state index in [9.17, 15) is 5.21 Å². The third kappa shape index (κ3) is 3.56. The molecular formula is C22H22N4O3. The van der Waals surface area contributed by atoms with Crippen molar-refractivity contribution >= 4 is 16.5 Å². The summed E-state index contributed by atoms with van der Waals surface area (Å²) < 4.78 is 13.9. The zero-order valence-electron chi connectivity index (χ0n) is 16.0. The summed E-state index contributed by atoms with van der Waals surface area (Å²) in [6, 6.07) is 13.2. The number of nitrogens with zero attached hydrogens (tertiary/aromatic N) is 4. The van der Waals surface area contributed by atoms with Gasteiger partial charge in [-0.25, -0.2) is 4.98 Å². The molecule has 0 spiro atoms. The Kier molecular flexibility index (Phi) is 4.65. The molecule has 0 saturated carbocycles. The highest BCUT2D eigenvalue weighted by Crippen LogP contribution is 2.24. The van der Waals surface area contributed by atoms with Gasteiger partial charge in [-0.3, -0.25) is 4.90 Å². The van der Waals surface area contributed by atoms with Crippen LogP contribution in [0.25, 0.3) is 27.9 Å². The summed E-state index contributed by atoms with van der Waals surface area (Å²) >= 11 is 0. The van der Waals surface area contributed by atoms with Gasteiger partial charge in [-0.2, -0.15) is 0 Å². The Morgan fingerprint density at radius 1 is 1.14 bits per heavy atom. The van der Waals surface area contributed by atoms with Crippen LogP contribution in [-0.4, -0.2) is 45.7 Å². The van der Waals surface area contributed by atoms with Crippen LogP contribution in [0.3, 0.4) is 0 Å². The van der Waals surface area contributed by atoms with E-state index in [2.05, 4.69) is 15.0 Å². The van der Waals surface area contributed by atoms with Gasteiger partial charge in [0.1, 0.15) is 29.0 Å². The minimum atomic E-state index is 0.420. The number of fused-ring (bicyclic) bond motifs is 2. The molecule has 5 rings (SSSR count). The van der Waals surface area contributed by atoms with Gasteiger partial charge in [-0.1, -0.05) is 5.16 Å². The van der Waals surface area contributed by atoms with Crippen molar-refractivity contribution in [3.8, 4) is 17.2 Å². The number of hydrogen-bond acceptors (Lipinski definition) is 6. The molecule has 0 unspecified atom stereocenters. The molecule has 7 nitrogen and oxygen atoms in total. The lowest BCUT2D eigenvalue weighted by molar-refractivity contribution is 0.238. The molecule has 0 aliphatic carbocycles. The third-order valence-electron chi connectivity index (χ3n) is 5.37. The van der Waals surface area contributed by atoms with Crippen molar-refractivity contribution in [2.45, 2.75) is 12.8 Å². The molecule has 148 valence electrons. The molecule has 1 aromatic carbocycles. The molecule has 0 atom stereocenters. The van der Waals surface area contributed by atoms with E-state index in [-0.39, 0.29) is 0 Å². The van der Waals surface area contributed by atoms with Gasteiger partial charge in [-0.05, 0) is 62.3 Å². The molecule has 1 aliphatic rings. The summed E-state index contributed by atoms with van der Waals surface area (Å²) in [4.78, 5) is 6.85. The van der Waals surface area contributed by atoms with Crippen molar-refractivity contribution < 1.29 is 14.4 Å². The van der Waals surface area contributed by atoms with E-state index in [1.54, 1.807) is 12.4 Å². The Balaban J connectivity index is 1.44. The highest BCUT2D eigenvalue weighted by atomic mass is 16.5. The topological polar surface area (TPSA) is 75.5 Å². The normalized spacial score (nSPS) is 15.5. The average molecular weight is 390 g/mol. The minimum absolute atomic E-state index is 0.420. The average Bonchev–Trinajstić information content (AvgIpc) is 3.44. The third-order valence-corrected chi connectivity index (χ3v) is 5.37. The first-order valence-electron chi connectivity index (χ1n) is 9.84. The van der Waals surface area contributed by atoms with E-state index >= 15 is 0 Å². The summed E-state index contributed by atoms with van der Waals surface area (Å²) in [5.41, 5.74) is 2.29. The van der Waals surface area contributed by atoms with Crippen molar-refractivity contribution in [3.05, 3.63) is 60.3 Å². The molecule has 7 heteroatoms. The molecule has 4 heterocycles. The first kappa shape index (κ1) is 17.8. The van der Waals surface area contributed by atoms with Gasteiger partial charge in [0, 0.05) is 24.3 Å². The van der Waals surface area contributed by atoms with Crippen LogP contribution in [0.15, 0.2) is 64.6 Å². The SMILES string of the molecule is O/N=c1/cc(-c2cc3cccn3cn2)oc2ccc(OCCN3CCCC3)cc12. The molecule has 29 heavy (non-hydrogen) atoms. The van der Waals surface area contributed by atoms with Gasteiger partial charge in [0.25, 0.3) is 0 Å². The number of rotatable bonds is 5. The lowest BCUT2D eigenvalue weighted by Gasteiger charge is -2.15. The summed E-state index contributed by atoms with van der Waals surface area (Å²) in [5, 5.41) is 14.1. The molecule has 3 aromatic heterocycles. The molecule has 0 radical (unpaired) electrons. The van der Waals surface area contributed by atoms with Gasteiger partial charge in [0.15, 0.2) is 5.76 Å². The van der Waals surface area contributed by atoms with Crippen LogP contribution >= 0.6 is 0 Å². The second-order valence-electron chi connectivity index (χ2n) is 7.27. The summed E-state index contributed by atoms with van der Waals surface area (Å²) in [6.07, 6.45) is 6.21. The summed E-state index contributed by atoms with van der Waals surface area (Å²) in [5.74, 6) is 1.27. The predicted molar refractivity (Wildman–Crippen MR) is 109 cm³/mol. The van der Waals surface area contributed by atoms with E-state index in [0.717, 1.165) is 30.9 Å². The smallest absolute Gasteiger partial charge is 0.155 e. The van der Waals surface area contributed by atoms with Crippen molar-refractivity contribution in [2.75, 3.05) is 26.2 Å². The number of likely N-dealkylation sites (tertiary alicyclic amines) is 1. The molecule has 0 bridgehead atoms. The van der Waals surface area contributed by atoms with Crippen molar-refractivity contribution in [3.63, 3.8) is 0 Å². The second-order valence-corrected chi connectivity index (χ2v) is 7.27. The van der Waals surface area contributed by atoms with Gasteiger partial charge >= 0.3 is 0 Å². The Morgan fingerprint density at radius 2 is 2.03 bits per heavy atom. The van der Waals surface area contributed by atoms with Crippen LogP contribution in [-0.2, 0) is 0 Å². The standard InChI is InChI=1S/C22H22N4O3/c27-24-19-14-22(20-12-16-4-3-9-26(16)15-23-20)29-21-6-5-17(13-18(19)21)28-11-10-25-7-1-2-8-25/h3-6,9,12-15,27H,1-2,7-8,10-11H2/b24-19-. The van der Waals surface area contributed by atoms with E-state index in [1.165, 1.54) is 12.8 Å². The van der Waals surface area contributed by atoms with E-state index < -0.39 is 0 Å². The lowest BCUT2D eigenvalue weighted by atomic mass is 10.2. The second kappa shape index (κ2) is 7.60. The van der Waals surface area contributed by atoms with E-state index in [4.69, 9.17) is 9.15 Å². The molecule has 1 fully saturated rings. The molecule has 1 saturated heterocycles. The van der Waals surface area contributed by atoms with Gasteiger partial charge < -0.3 is 18.8 Å². The van der Waals surface area contributed by atoms with Crippen LogP contribution < -0.4 is 10.1 Å².